The maximum absolute atomic E-state index is 13.9. The number of piperidine rings is 1. The van der Waals surface area contributed by atoms with Gasteiger partial charge in [0.25, 0.3) is 10.0 Å². The van der Waals surface area contributed by atoms with Gasteiger partial charge in [-0.05, 0) is 24.5 Å². The molecule has 0 N–H and O–H groups in total. The zero-order valence-corrected chi connectivity index (χ0v) is 19.5. The quantitative estimate of drug-likeness (QED) is 0.524. The van der Waals surface area contributed by atoms with Gasteiger partial charge in [-0.25, -0.2) is 22.0 Å². The number of anilines is 1. The molecule has 8 nitrogen and oxygen atoms in total. The van der Waals surface area contributed by atoms with Crippen LogP contribution in [0.5, 0.6) is 0 Å². The number of carbonyl (C=O) groups is 1. The van der Waals surface area contributed by atoms with Gasteiger partial charge in [0.15, 0.2) is 11.6 Å². The Hall–Kier alpha value is -2.96. The number of halogens is 2. The van der Waals surface area contributed by atoms with E-state index in [9.17, 15) is 22.0 Å². The predicted molar refractivity (Wildman–Crippen MR) is 120 cm³/mol. The molecule has 0 spiro atoms. The number of carbonyl (C=O) groups excluding carboxylic acids is 1. The van der Waals surface area contributed by atoms with Gasteiger partial charge in [0.1, 0.15) is 6.61 Å². The van der Waals surface area contributed by atoms with Crippen LogP contribution in [-0.4, -0.2) is 46.7 Å². The molecule has 0 aliphatic carbocycles. The average molecular weight is 507 g/mol. The van der Waals surface area contributed by atoms with Gasteiger partial charge < -0.3 is 4.74 Å². The number of aromatic nitrogens is 2. The Bertz CT molecular complexity index is 1330. The molecule has 0 saturated carbocycles. The van der Waals surface area contributed by atoms with E-state index in [2.05, 4.69) is 8.75 Å². The molecule has 12 heteroatoms. The summed E-state index contributed by atoms with van der Waals surface area (Å²) in [5.41, 5.74) is 1.94. The summed E-state index contributed by atoms with van der Waals surface area (Å²) < 4.78 is 68.9. The number of sulfonamides is 1. The summed E-state index contributed by atoms with van der Waals surface area (Å²) in [4.78, 5) is 13.8. The number of benzene rings is 2. The molecule has 5 rings (SSSR count). The lowest BCUT2D eigenvalue weighted by atomic mass is 10.0. The van der Waals surface area contributed by atoms with Crippen LogP contribution in [0.15, 0.2) is 47.5 Å². The molecule has 1 fully saturated rings. The van der Waals surface area contributed by atoms with Crippen LogP contribution < -0.4 is 4.90 Å². The van der Waals surface area contributed by atoms with Crippen LogP contribution in [0.2, 0.25) is 0 Å². The number of hydrogen-bond acceptors (Lipinski definition) is 7. The summed E-state index contributed by atoms with van der Waals surface area (Å²) in [7, 11) is -3.88. The van der Waals surface area contributed by atoms with Gasteiger partial charge in [-0.15, -0.1) is 0 Å². The molecule has 0 bridgehead atoms. The Kier molecular flexibility index (Phi) is 6.04. The zero-order valence-electron chi connectivity index (χ0n) is 17.9. The van der Waals surface area contributed by atoms with Crippen molar-refractivity contribution < 1.29 is 26.7 Å². The molecule has 1 saturated heterocycles. The van der Waals surface area contributed by atoms with E-state index in [1.165, 1.54) is 9.21 Å². The van der Waals surface area contributed by atoms with E-state index < -0.39 is 33.8 Å². The van der Waals surface area contributed by atoms with Crippen LogP contribution in [0, 0.1) is 11.6 Å². The molecule has 1 aromatic heterocycles. The fraction of sp³-hybridized carbons (Fsp3) is 0.318. The monoisotopic (exact) mass is 506 g/mol. The summed E-state index contributed by atoms with van der Waals surface area (Å²) in [6, 6.07) is 11.0. The second-order valence-corrected chi connectivity index (χ2v) is 10.5. The molecule has 2 aromatic carbocycles. The SMILES string of the molecule is O=C1OCc2cc(F)c(F)cc2N1C1CCN(S(=O)(=O)c2nsnc2Cc2ccccc2)CC1. The van der Waals surface area contributed by atoms with Crippen molar-refractivity contribution in [2.24, 2.45) is 0 Å². The van der Waals surface area contributed by atoms with Crippen LogP contribution in [0.4, 0.5) is 19.3 Å². The lowest BCUT2D eigenvalue weighted by Crippen LogP contribution is -2.50. The third-order valence-electron chi connectivity index (χ3n) is 6.04. The first kappa shape index (κ1) is 22.8. The summed E-state index contributed by atoms with van der Waals surface area (Å²) in [5.74, 6) is -2.07. The molecule has 1 amide bonds. The van der Waals surface area contributed by atoms with Crippen molar-refractivity contribution in [2.45, 2.75) is 36.9 Å². The normalized spacial score (nSPS) is 17.5. The smallest absolute Gasteiger partial charge is 0.414 e. The first-order valence-electron chi connectivity index (χ1n) is 10.6. The number of cyclic esters (lactones) is 1. The van der Waals surface area contributed by atoms with Crippen molar-refractivity contribution in [2.75, 3.05) is 18.0 Å². The van der Waals surface area contributed by atoms with E-state index in [1.54, 1.807) is 0 Å². The Balaban J connectivity index is 1.33. The molecular weight excluding hydrogens is 486 g/mol. The first-order chi connectivity index (χ1) is 16.3. The van der Waals surface area contributed by atoms with E-state index in [0.717, 1.165) is 29.4 Å². The lowest BCUT2D eigenvalue weighted by molar-refractivity contribution is 0.135. The summed E-state index contributed by atoms with van der Waals surface area (Å²) in [6.45, 7) is 0.131. The van der Waals surface area contributed by atoms with Gasteiger partial charge in [-0.3, -0.25) is 4.90 Å². The number of rotatable bonds is 5. The van der Waals surface area contributed by atoms with Gasteiger partial charge >= 0.3 is 6.09 Å². The minimum Gasteiger partial charge on any atom is -0.444 e. The molecule has 0 unspecified atom stereocenters. The van der Waals surface area contributed by atoms with Gasteiger partial charge in [0, 0.05) is 37.2 Å². The van der Waals surface area contributed by atoms with E-state index in [1.807, 2.05) is 30.3 Å². The fourth-order valence-electron chi connectivity index (χ4n) is 4.33. The fourth-order valence-corrected chi connectivity index (χ4v) is 6.68. The Morgan fingerprint density at radius 3 is 2.50 bits per heavy atom. The van der Waals surface area contributed by atoms with Crippen LogP contribution in [0.25, 0.3) is 0 Å². The van der Waals surface area contributed by atoms with Crippen molar-refractivity contribution in [1.82, 2.24) is 13.1 Å². The number of ether oxygens (including phenoxy) is 1. The molecule has 2 aliphatic heterocycles. The largest absolute Gasteiger partial charge is 0.444 e. The van der Waals surface area contributed by atoms with Crippen molar-refractivity contribution in [3.05, 3.63) is 70.9 Å². The van der Waals surface area contributed by atoms with Gasteiger partial charge in [0.2, 0.25) is 5.03 Å². The maximum atomic E-state index is 13.9. The van der Waals surface area contributed by atoms with Crippen LogP contribution in [0.3, 0.4) is 0 Å². The molecule has 2 aliphatic rings. The number of fused-ring (bicyclic) bond motifs is 1. The van der Waals surface area contributed by atoms with Crippen LogP contribution >= 0.6 is 11.7 Å². The van der Waals surface area contributed by atoms with Gasteiger partial charge in [0.05, 0.1) is 23.1 Å². The maximum Gasteiger partial charge on any atom is 0.414 e. The van der Waals surface area contributed by atoms with Crippen molar-refractivity contribution in [1.29, 1.82) is 0 Å². The Morgan fingerprint density at radius 1 is 1.06 bits per heavy atom. The van der Waals surface area contributed by atoms with E-state index in [-0.39, 0.29) is 30.4 Å². The van der Waals surface area contributed by atoms with E-state index in [4.69, 9.17) is 4.74 Å². The van der Waals surface area contributed by atoms with Gasteiger partial charge in [-0.2, -0.15) is 13.1 Å². The molecule has 3 heterocycles. The second-order valence-electron chi connectivity index (χ2n) is 8.13. The number of hydrogen-bond donors (Lipinski definition) is 0. The third kappa shape index (κ3) is 4.17. The molecule has 0 radical (unpaired) electrons. The highest BCUT2D eigenvalue weighted by Gasteiger charge is 2.39. The van der Waals surface area contributed by atoms with Gasteiger partial charge in [-0.1, -0.05) is 30.3 Å². The predicted octanol–water partition coefficient (Wildman–Crippen LogP) is 3.72. The van der Waals surface area contributed by atoms with Crippen molar-refractivity contribution in [3.8, 4) is 0 Å². The topological polar surface area (TPSA) is 92.7 Å². The zero-order chi connectivity index (χ0) is 23.9. The van der Waals surface area contributed by atoms with Crippen molar-refractivity contribution in [3.63, 3.8) is 0 Å². The molecular formula is C22H20F2N4O4S2. The highest BCUT2D eigenvalue weighted by atomic mass is 32.2. The average Bonchev–Trinajstić information content (AvgIpc) is 3.30. The molecule has 3 aromatic rings. The standard InChI is InChI=1S/C22H20F2N4O4S2/c23-17-11-15-13-32-22(29)28(20(15)12-18(17)24)16-6-8-27(9-7-16)34(30,31)21-19(25-33-26-21)10-14-4-2-1-3-5-14/h1-5,11-12,16H,6-10,13H2. The van der Waals surface area contributed by atoms with E-state index >= 15 is 0 Å². The first-order valence-corrected chi connectivity index (χ1v) is 12.8. The third-order valence-corrected chi connectivity index (χ3v) is 8.58. The minimum absolute atomic E-state index is 0.0555. The number of nitrogens with zero attached hydrogens (tertiary/aromatic N) is 4. The van der Waals surface area contributed by atoms with Crippen molar-refractivity contribution >= 4 is 33.5 Å². The highest BCUT2D eigenvalue weighted by molar-refractivity contribution is 7.89. The second kappa shape index (κ2) is 9.01. The number of amides is 1. The minimum atomic E-state index is -3.88. The lowest BCUT2D eigenvalue weighted by Gasteiger charge is -2.39. The Labute approximate surface area is 199 Å². The molecule has 178 valence electrons. The molecule has 0 atom stereocenters. The molecule has 34 heavy (non-hydrogen) atoms. The van der Waals surface area contributed by atoms with E-state index in [0.29, 0.717) is 30.5 Å². The van der Waals surface area contributed by atoms with Crippen LogP contribution in [0.1, 0.15) is 29.7 Å². The summed E-state index contributed by atoms with van der Waals surface area (Å²) >= 11 is 0.853. The summed E-state index contributed by atoms with van der Waals surface area (Å²) in [5, 5.41) is -0.0555. The summed E-state index contributed by atoms with van der Waals surface area (Å²) in [6.07, 6.45) is 0.297. The van der Waals surface area contributed by atoms with Crippen LogP contribution in [-0.2, 0) is 27.8 Å². The Morgan fingerprint density at radius 2 is 1.76 bits per heavy atom. The highest BCUT2D eigenvalue weighted by Crippen LogP contribution is 2.34.